The van der Waals surface area contributed by atoms with Crippen molar-refractivity contribution in [2.24, 2.45) is 0 Å². The second-order valence-corrected chi connectivity index (χ2v) is 6.97. The average molecular weight is 327 g/mol. The lowest BCUT2D eigenvalue weighted by Crippen LogP contribution is -2.39. The van der Waals surface area contributed by atoms with Crippen molar-refractivity contribution < 1.29 is 4.74 Å². The van der Waals surface area contributed by atoms with Crippen LogP contribution in [0.1, 0.15) is 29.1 Å². The van der Waals surface area contributed by atoms with Gasteiger partial charge in [-0.1, -0.05) is 6.07 Å². The SMILES string of the molecule is Cc1nc(CCN2CCC(Oc3cccc(C#N)c3)CC2)cs1. The number of hydrogen-bond donors (Lipinski definition) is 0. The van der Waals surface area contributed by atoms with Crippen LogP contribution in [0.2, 0.25) is 0 Å². The fraction of sp³-hybridized carbons (Fsp3) is 0.444. The number of ether oxygens (including phenoxy) is 1. The Morgan fingerprint density at radius 3 is 2.91 bits per heavy atom. The third-order valence-electron chi connectivity index (χ3n) is 4.15. The highest BCUT2D eigenvalue weighted by Crippen LogP contribution is 2.20. The topological polar surface area (TPSA) is 49.2 Å². The van der Waals surface area contributed by atoms with Crippen LogP contribution in [-0.4, -0.2) is 35.6 Å². The summed E-state index contributed by atoms with van der Waals surface area (Å²) in [6.07, 6.45) is 3.35. The first-order valence-electron chi connectivity index (χ1n) is 8.03. The Bertz CT molecular complexity index is 684. The molecule has 4 nitrogen and oxygen atoms in total. The van der Waals surface area contributed by atoms with Gasteiger partial charge in [-0.2, -0.15) is 5.26 Å². The van der Waals surface area contributed by atoms with Gasteiger partial charge in [0.25, 0.3) is 0 Å². The summed E-state index contributed by atoms with van der Waals surface area (Å²) in [5, 5.41) is 12.2. The Morgan fingerprint density at radius 1 is 1.39 bits per heavy atom. The van der Waals surface area contributed by atoms with Crippen LogP contribution in [0.5, 0.6) is 5.75 Å². The first-order valence-corrected chi connectivity index (χ1v) is 8.91. The summed E-state index contributed by atoms with van der Waals surface area (Å²) in [5.74, 6) is 0.806. The monoisotopic (exact) mass is 327 g/mol. The maximum absolute atomic E-state index is 8.94. The molecule has 0 bridgehead atoms. The normalized spacial score (nSPS) is 16.2. The predicted octanol–water partition coefficient (Wildman–Crippen LogP) is 3.41. The van der Waals surface area contributed by atoms with E-state index >= 15 is 0 Å². The van der Waals surface area contributed by atoms with Crippen LogP contribution in [0.4, 0.5) is 0 Å². The van der Waals surface area contributed by atoms with E-state index in [2.05, 4.69) is 28.3 Å². The second-order valence-electron chi connectivity index (χ2n) is 5.91. The molecule has 3 rings (SSSR count). The smallest absolute Gasteiger partial charge is 0.121 e. The number of benzene rings is 1. The van der Waals surface area contributed by atoms with E-state index in [0.717, 1.165) is 49.7 Å². The maximum atomic E-state index is 8.94. The van der Waals surface area contributed by atoms with Crippen LogP contribution in [0, 0.1) is 18.3 Å². The van der Waals surface area contributed by atoms with Gasteiger partial charge in [0, 0.05) is 31.4 Å². The van der Waals surface area contributed by atoms with Crippen molar-refractivity contribution in [2.45, 2.75) is 32.3 Å². The predicted molar refractivity (Wildman–Crippen MR) is 91.8 cm³/mol. The molecule has 0 amide bonds. The minimum absolute atomic E-state index is 0.252. The van der Waals surface area contributed by atoms with Crippen molar-refractivity contribution in [3.05, 3.63) is 45.9 Å². The summed E-state index contributed by atoms with van der Waals surface area (Å²) in [6, 6.07) is 9.57. The van der Waals surface area contributed by atoms with E-state index in [4.69, 9.17) is 10.00 Å². The molecule has 0 aliphatic carbocycles. The van der Waals surface area contributed by atoms with Crippen molar-refractivity contribution in [3.63, 3.8) is 0 Å². The Balaban J connectivity index is 1.44. The van der Waals surface area contributed by atoms with E-state index in [0.29, 0.717) is 5.56 Å². The summed E-state index contributed by atoms with van der Waals surface area (Å²) in [5.41, 5.74) is 1.86. The number of nitrogens with zero attached hydrogens (tertiary/aromatic N) is 3. The Morgan fingerprint density at radius 2 is 2.22 bits per heavy atom. The number of piperidine rings is 1. The number of nitriles is 1. The van der Waals surface area contributed by atoms with Gasteiger partial charge in [0.2, 0.25) is 0 Å². The summed E-state index contributed by atoms with van der Waals surface area (Å²) < 4.78 is 6.02. The Hall–Kier alpha value is -1.90. The van der Waals surface area contributed by atoms with Crippen LogP contribution < -0.4 is 4.74 Å². The Kier molecular flexibility index (Phi) is 5.27. The molecule has 0 atom stereocenters. The van der Waals surface area contributed by atoms with Crippen molar-refractivity contribution in [3.8, 4) is 11.8 Å². The van der Waals surface area contributed by atoms with Gasteiger partial charge in [0.1, 0.15) is 11.9 Å². The zero-order valence-corrected chi connectivity index (χ0v) is 14.2. The zero-order chi connectivity index (χ0) is 16.1. The number of aromatic nitrogens is 1. The zero-order valence-electron chi connectivity index (χ0n) is 13.4. The van der Waals surface area contributed by atoms with Crippen molar-refractivity contribution in [2.75, 3.05) is 19.6 Å². The molecular formula is C18H21N3OS. The number of likely N-dealkylation sites (tertiary alicyclic amines) is 1. The lowest BCUT2D eigenvalue weighted by molar-refractivity contribution is 0.101. The lowest BCUT2D eigenvalue weighted by Gasteiger charge is -2.32. The third-order valence-corrected chi connectivity index (χ3v) is 4.97. The summed E-state index contributed by atoms with van der Waals surface area (Å²) in [4.78, 5) is 7.01. The molecule has 2 aromatic rings. The molecule has 0 spiro atoms. The van der Waals surface area contributed by atoms with E-state index < -0.39 is 0 Å². The lowest BCUT2D eigenvalue weighted by atomic mass is 10.1. The van der Waals surface area contributed by atoms with E-state index in [1.165, 1.54) is 5.69 Å². The Labute approximate surface area is 141 Å². The van der Waals surface area contributed by atoms with Crippen LogP contribution in [0.25, 0.3) is 0 Å². The molecule has 1 fully saturated rings. The maximum Gasteiger partial charge on any atom is 0.121 e. The van der Waals surface area contributed by atoms with Gasteiger partial charge < -0.3 is 9.64 Å². The molecule has 0 unspecified atom stereocenters. The van der Waals surface area contributed by atoms with E-state index in [9.17, 15) is 0 Å². The molecule has 23 heavy (non-hydrogen) atoms. The van der Waals surface area contributed by atoms with Crippen LogP contribution in [-0.2, 0) is 6.42 Å². The molecule has 0 N–H and O–H groups in total. The highest BCUT2D eigenvalue weighted by molar-refractivity contribution is 7.09. The fourth-order valence-corrected chi connectivity index (χ4v) is 3.52. The molecule has 1 aliphatic heterocycles. The quantitative estimate of drug-likeness (QED) is 0.844. The third kappa shape index (κ3) is 4.54. The first kappa shape index (κ1) is 16.0. The van der Waals surface area contributed by atoms with Gasteiger partial charge in [-0.3, -0.25) is 0 Å². The number of rotatable bonds is 5. The van der Waals surface area contributed by atoms with E-state index in [1.54, 1.807) is 17.4 Å². The molecule has 2 heterocycles. The van der Waals surface area contributed by atoms with Crippen LogP contribution >= 0.6 is 11.3 Å². The van der Waals surface area contributed by atoms with Gasteiger partial charge in [-0.15, -0.1) is 11.3 Å². The second kappa shape index (κ2) is 7.58. The summed E-state index contributed by atoms with van der Waals surface area (Å²) in [7, 11) is 0. The van der Waals surface area contributed by atoms with Gasteiger partial charge in [-0.25, -0.2) is 4.98 Å². The van der Waals surface area contributed by atoms with Crippen LogP contribution in [0.15, 0.2) is 29.6 Å². The highest BCUT2D eigenvalue weighted by atomic mass is 32.1. The fourth-order valence-electron chi connectivity index (χ4n) is 2.88. The molecule has 0 radical (unpaired) electrons. The average Bonchev–Trinajstić information content (AvgIpc) is 3.00. The molecule has 0 saturated carbocycles. The van der Waals surface area contributed by atoms with Crippen molar-refractivity contribution in [1.29, 1.82) is 5.26 Å². The van der Waals surface area contributed by atoms with Gasteiger partial charge in [-0.05, 0) is 38.0 Å². The molecule has 120 valence electrons. The van der Waals surface area contributed by atoms with Gasteiger partial charge in [0.15, 0.2) is 0 Å². The molecular weight excluding hydrogens is 306 g/mol. The molecule has 1 saturated heterocycles. The van der Waals surface area contributed by atoms with Crippen LogP contribution in [0.3, 0.4) is 0 Å². The number of thiazole rings is 1. The van der Waals surface area contributed by atoms with E-state index in [-0.39, 0.29) is 6.10 Å². The van der Waals surface area contributed by atoms with Gasteiger partial charge in [0.05, 0.1) is 22.3 Å². The van der Waals surface area contributed by atoms with Crippen molar-refractivity contribution in [1.82, 2.24) is 9.88 Å². The molecule has 5 heteroatoms. The minimum atomic E-state index is 0.252. The number of hydrogen-bond acceptors (Lipinski definition) is 5. The number of aryl methyl sites for hydroxylation is 1. The summed E-state index contributed by atoms with van der Waals surface area (Å²) in [6.45, 7) is 5.25. The molecule has 1 aliphatic rings. The summed E-state index contributed by atoms with van der Waals surface area (Å²) >= 11 is 1.72. The van der Waals surface area contributed by atoms with Gasteiger partial charge >= 0.3 is 0 Å². The minimum Gasteiger partial charge on any atom is -0.490 e. The van der Waals surface area contributed by atoms with Crippen molar-refractivity contribution >= 4 is 11.3 Å². The first-order chi connectivity index (χ1) is 11.2. The standard InChI is InChI=1S/C18H21N3OS/c1-14-20-16(13-23-14)5-8-21-9-6-17(7-10-21)22-18-4-2-3-15(11-18)12-19/h2-4,11,13,17H,5-10H2,1H3. The highest BCUT2D eigenvalue weighted by Gasteiger charge is 2.20. The molecule has 1 aromatic heterocycles. The largest absolute Gasteiger partial charge is 0.490 e. The van der Waals surface area contributed by atoms with E-state index in [1.807, 2.05) is 18.2 Å². The molecule has 1 aromatic carbocycles.